The molecule has 0 saturated carbocycles. The summed E-state index contributed by atoms with van der Waals surface area (Å²) in [5.74, 6) is -0.785. The van der Waals surface area contributed by atoms with Crippen LogP contribution in [0, 0.1) is 6.92 Å². The number of aryl methyl sites for hydroxylation is 1. The molecule has 32 heavy (non-hydrogen) atoms. The summed E-state index contributed by atoms with van der Waals surface area (Å²) in [5.41, 5.74) is 1.93. The summed E-state index contributed by atoms with van der Waals surface area (Å²) in [6.07, 6.45) is 1.42. The molecule has 174 valence electrons. The number of nitrogens with one attached hydrogen (secondary N) is 1. The van der Waals surface area contributed by atoms with Gasteiger partial charge >= 0.3 is 0 Å². The van der Waals surface area contributed by atoms with Gasteiger partial charge in [-0.15, -0.1) is 0 Å². The summed E-state index contributed by atoms with van der Waals surface area (Å²) >= 11 is 6.31. The normalized spacial score (nSPS) is 12.2. The highest BCUT2D eigenvalue weighted by Crippen LogP contribution is 2.22. The Morgan fingerprint density at radius 3 is 2.34 bits per heavy atom. The van der Waals surface area contributed by atoms with Crippen LogP contribution in [-0.4, -0.2) is 50.5 Å². The van der Waals surface area contributed by atoms with E-state index >= 15 is 0 Å². The van der Waals surface area contributed by atoms with Crippen molar-refractivity contribution in [2.45, 2.75) is 39.8 Å². The van der Waals surface area contributed by atoms with E-state index in [2.05, 4.69) is 5.32 Å². The number of amides is 2. The van der Waals surface area contributed by atoms with E-state index in [0.717, 1.165) is 16.1 Å². The van der Waals surface area contributed by atoms with Gasteiger partial charge in [0.05, 0.1) is 11.9 Å². The molecule has 0 aliphatic rings. The predicted molar refractivity (Wildman–Crippen MR) is 128 cm³/mol. The molecule has 0 spiro atoms. The van der Waals surface area contributed by atoms with Gasteiger partial charge in [-0.05, 0) is 49.6 Å². The fraction of sp³-hybridized carbons (Fsp3) is 0.391. The van der Waals surface area contributed by atoms with E-state index in [1.807, 2.05) is 19.9 Å². The Balaban J connectivity index is 2.45. The van der Waals surface area contributed by atoms with Gasteiger partial charge in [-0.2, -0.15) is 0 Å². The number of carbonyl (C=O) groups is 2. The second-order valence-electron chi connectivity index (χ2n) is 7.54. The van der Waals surface area contributed by atoms with Gasteiger partial charge in [0.15, 0.2) is 0 Å². The van der Waals surface area contributed by atoms with Crippen LogP contribution in [0.4, 0.5) is 5.69 Å². The number of hydrogen-bond donors (Lipinski definition) is 1. The van der Waals surface area contributed by atoms with Crippen molar-refractivity contribution in [3.63, 3.8) is 0 Å². The summed E-state index contributed by atoms with van der Waals surface area (Å²) in [6, 6.07) is 13.2. The lowest BCUT2D eigenvalue weighted by molar-refractivity contribution is -0.140. The maximum atomic E-state index is 13.5. The summed E-state index contributed by atoms with van der Waals surface area (Å²) in [6.45, 7) is 5.53. The summed E-state index contributed by atoms with van der Waals surface area (Å²) in [5, 5.41) is 3.22. The average molecular weight is 480 g/mol. The third kappa shape index (κ3) is 6.71. The lowest BCUT2D eigenvalue weighted by Gasteiger charge is -2.33. The van der Waals surface area contributed by atoms with Crippen LogP contribution in [0.25, 0.3) is 0 Å². The Labute approximate surface area is 195 Å². The van der Waals surface area contributed by atoms with Gasteiger partial charge in [-0.1, -0.05) is 48.9 Å². The highest BCUT2D eigenvalue weighted by Gasteiger charge is 2.31. The monoisotopic (exact) mass is 479 g/mol. The fourth-order valence-corrected chi connectivity index (χ4v) is 4.46. The summed E-state index contributed by atoms with van der Waals surface area (Å²) < 4.78 is 26.2. The minimum absolute atomic E-state index is 0.0829. The number of likely N-dealkylation sites (N-methyl/N-ethyl adjacent to an activating group) is 1. The third-order valence-corrected chi connectivity index (χ3v) is 6.51. The number of carbonyl (C=O) groups excluding carboxylic acids is 2. The summed E-state index contributed by atoms with van der Waals surface area (Å²) in [7, 11) is -3.75. The Morgan fingerprint density at radius 1 is 1.09 bits per heavy atom. The number of benzene rings is 2. The molecule has 2 amide bonds. The van der Waals surface area contributed by atoms with Crippen molar-refractivity contribution >= 4 is 39.1 Å². The molecular weight excluding hydrogens is 450 g/mol. The number of halogens is 1. The smallest absolute Gasteiger partial charge is 0.244 e. The van der Waals surface area contributed by atoms with Crippen molar-refractivity contribution in [1.82, 2.24) is 10.2 Å². The second-order valence-corrected chi connectivity index (χ2v) is 9.85. The number of anilines is 1. The van der Waals surface area contributed by atoms with Crippen LogP contribution in [-0.2, 0) is 26.2 Å². The first kappa shape index (κ1) is 25.7. The molecule has 2 aromatic carbocycles. The first-order valence-electron chi connectivity index (χ1n) is 10.4. The molecule has 2 rings (SSSR count). The van der Waals surface area contributed by atoms with Crippen molar-refractivity contribution in [3.8, 4) is 0 Å². The van der Waals surface area contributed by atoms with Crippen LogP contribution in [0.15, 0.2) is 48.5 Å². The lowest BCUT2D eigenvalue weighted by Crippen LogP contribution is -2.52. The molecular formula is C23H30ClN3O4S. The highest BCUT2D eigenvalue weighted by atomic mass is 35.5. The van der Waals surface area contributed by atoms with Gasteiger partial charge in [0.1, 0.15) is 12.6 Å². The van der Waals surface area contributed by atoms with E-state index in [1.54, 1.807) is 49.4 Å². The van der Waals surface area contributed by atoms with Crippen LogP contribution in [0.3, 0.4) is 0 Å². The number of hydrogen-bond acceptors (Lipinski definition) is 4. The van der Waals surface area contributed by atoms with Crippen LogP contribution >= 0.6 is 11.6 Å². The van der Waals surface area contributed by atoms with E-state index in [4.69, 9.17) is 11.6 Å². The minimum Gasteiger partial charge on any atom is -0.355 e. The second kappa shape index (κ2) is 11.3. The molecule has 0 aromatic heterocycles. The quantitative estimate of drug-likeness (QED) is 0.566. The maximum absolute atomic E-state index is 13.5. The Morgan fingerprint density at radius 2 is 1.78 bits per heavy atom. The van der Waals surface area contributed by atoms with Gasteiger partial charge in [0, 0.05) is 18.1 Å². The first-order valence-corrected chi connectivity index (χ1v) is 12.7. The van der Waals surface area contributed by atoms with Crippen molar-refractivity contribution in [2.75, 3.05) is 23.7 Å². The van der Waals surface area contributed by atoms with Crippen molar-refractivity contribution in [3.05, 3.63) is 64.7 Å². The zero-order valence-electron chi connectivity index (χ0n) is 18.8. The Hall–Kier alpha value is -2.58. The predicted octanol–water partition coefficient (Wildman–Crippen LogP) is 3.36. The Bertz CT molecular complexity index is 1060. The van der Waals surface area contributed by atoms with E-state index < -0.39 is 28.5 Å². The number of nitrogens with zero attached hydrogens (tertiary/aromatic N) is 2. The van der Waals surface area contributed by atoms with E-state index in [-0.39, 0.29) is 12.5 Å². The molecule has 0 heterocycles. The van der Waals surface area contributed by atoms with E-state index in [0.29, 0.717) is 29.2 Å². The molecule has 9 heteroatoms. The lowest BCUT2D eigenvalue weighted by atomic mass is 10.1. The molecule has 0 saturated heterocycles. The molecule has 0 radical (unpaired) electrons. The SMILES string of the molecule is CCNC(=O)[C@@H](CC)N(Cc1ccccc1Cl)C(=O)CN(c1cccc(C)c1)S(C)(=O)=O. The van der Waals surface area contributed by atoms with Gasteiger partial charge < -0.3 is 10.2 Å². The van der Waals surface area contributed by atoms with Crippen molar-refractivity contribution in [2.24, 2.45) is 0 Å². The van der Waals surface area contributed by atoms with Crippen LogP contribution in [0.1, 0.15) is 31.4 Å². The average Bonchev–Trinajstić information content (AvgIpc) is 2.72. The Kier molecular flexibility index (Phi) is 9.09. The minimum atomic E-state index is -3.75. The molecule has 2 aromatic rings. The zero-order valence-corrected chi connectivity index (χ0v) is 20.4. The molecule has 0 aliphatic heterocycles. The first-order chi connectivity index (χ1) is 15.1. The van der Waals surface area contributed by atoms with Gasteiger partial charge in [-0.3, -0.25) is 13.9 Å². The van der Waals surface area contributed by atoms with Crippen LogP contribution in [0.2, 0.25) is 5.02 Å². The fourth-order valence-electron chi connectivity index (χ4n) is 3.42. The zero-order chi connectivity index (χ0) is 23.9. The van der Waals surface area contributed by atoms with E-state index in [9.17, 15) is 18.0 Å². The van der Waals surface area contributed by atoms with Gasteiger partial charge in [-0.25, -0.2) is 8.42 Å². The topological polar surface area (TPSA) is 86.8 Å². The molecule has 1 N–H and O–H groups in total. The molecule has 0 unspecified atom stereocenters. The van der Waals surface area contributed by atoms with Crippen LogP contribution < -0.4 is 9.62 Å². The van der Waals surface area contributed by atoms with Gasteiger partial charge in [0.25, 0.3) is 0 Å². The van der Waals surface area contributed by atoms with Crippen LogP contribution in [0.5, 0.6) is 0 Å². The summed E-state index contributed by atoms with van der Waals surface area (Å²) in [4.78, 5) is 27.6. The number of sulfonamides is 1. The standard InChI is InChI=1S/C23H30ClN3O4S/c1-5-21(23(29)25-6-2)26(15-18-11-7-8-13-20(18)24)22(28)16-27(32(4,30)31)19-12-9-10-17(3)14-19/h7-14,21H,5-6,15-16H2,1-4H3,(H,25,29)/t21-/m1/s1. The highest BCUT2D eigenvalue weighted by molar-refractivity contribution is 7.92. The van der Waals surface area contributed by atoms with Crippen molar-refractivity contribution in [1.29, 1.82) is 0 Å². The molecule has 0 bridgehead atoms. The maximum Gasteiger partial charge on any atom is 0.244 e. The molecule has 1 atom stereocenters. The number of rotatable bonds is 10. The molecule has 7 nitrogen and oxygen atoms in total. The van der Waals surface area contributed by atoms with Crippen molar-refractivity contribution < 1.29 is 18.0 Å². The third-order valence-electron chi connectivity index (χ3n) is 5.00. The van der Waals surface area contributed by atoms with E-state index in [1.165, 1.54) is 4.90 Å². The molecule has 0 fully saturated rings. The van der Waals surface area contributed by atoms with Gasteiger partial charge in [0.2, 0.25) is 21.8 Å². The largest absolute Gasteiger partial charge is 0.355 e. The molecule has 0 aliphatic carbocycles.